The third kappa shape index (κ3) is 5.39. The van der Waals surface area contributed by atoms with Gasteiger partial charge in [0.15, 0.2) is 11.5 Å². The molecule has 0 radical (unpaired) electrons. The Kier molecular flexibility index (Phi) is 6.97. The first-order valence-electron chi connectivity index (χ1n) is 9.57. The Balaban J connectivity index is 1.95. The monoisotopic (exact) mass is 468 g/mol. The Morgan fingerprint density at radius 1 is 1.03 bits per heavy atom. The van der Waals surface area contributed by atoms with E-state index in [0.29, 0.717) is 23.3 Å². The van der Waals surface area contributed by atoms with Crippen molar-refractivity contribution in [3.63, 3.8) is 0 Å². The number of nitro groups is 1. The van der Waals surface area contributed by atoms with Crippen LogP contribution in [0.1, 0.15) is 21.5 Å². The van der Waals surface area contributed by atoms with Crippen molar-refractivity contribution in [2.24, 2.45) is 0 Å². The smallest absolute Gasteiger partial charge is 0.416 e. The van der Waals surface area contributed by atoms with Gasteiger partial charge in [0.2, 0.25) is 11.5 Å². The number of methoxy groups -OCH3 is 1. The van der Waals surface area contributed by atoms with Crippen LogP contribution in [0.4, 0.5) is 18.9 Å². The maximum atomic E-state index is 12.9. The summed E-state index contributed by atoms with van der Waals surface area (Å²) in [6.07, 6.45) is -3.42. The first-order valence-corrected chi connectivity index (χ1v) is 9.57. The number of alkyl halides is 3. The molecule has 3 aromatic rings. The number of halogens is 3. The second-order valence-electron chi connectivity index (χ2n) is 6.81. The van der Waals surface area contributed by atoms with Gasteiger partial charge in [-0.05, 0) is 35.9 Å². The molecule has 0 fully saturated rings. The Morgan fingerprint density at radius 3 is 2.29 bits per heavy atom. The van der Waals surface area contributed by atoms with Gasteiger partial charge in [-0.2, -0.15) is 18.4 Å². The molecular weight excluding hydrogens is 453 g/mol. The number of nitriles is 1. The summed E-state index contributed by atoms with van der Waals surface area (Å²) in [4.78, 5) is 22.9. The first kappa shape index (κ1) is 24.0. The molecule has 10 heteroatoms. The molecule has 3 aromatic carbocycles. The van der Waals surface area contributed by atoms with Gasteiger partial charge < -0.3 is 9.47 Å². The van der Waals surface area contributed by atoms with Crippen LogP contribution in [-0.2, 0) is 6.18 Å². The fraction of sp³-hybridized carbons (Fsp3) is 0.0833. The molecule has 0 amide bonds. The second-order valence-corrected chi connectivity index (χ2v) is 6.81. The fourth-order valence-electron chi connectivity index (χ4n) is 2.96. The number of nitrogens with zero attached hydrogens (tertiary/aromatic N) is 2. The third-order valence-electron chi connectivity index (χ3n) is 4.60. The molecule has 0 spiro atoms. The van der Waals surface area contributed by atoms with Crippen molar-refractivity contribution in [3.8, 4) is 23.3 Å². The number of Topliss-reactive ketones (excluding diaryl/α,β-unsaturated/α-hetero) is 1. The molecule has 0 aliphatic heterocycles. The van der Waals surface area contributed by atoms with Gasteiger partial charge in [0.25, 0.3) is 0 Å². The molecule has 0 saturated heterocycles. The van der Waals surface area contributed by atoms with Gasteiger partial charge in [0, 0.05) is 11.6 Å². The van der Waals surface area contributed by atoms with Crippen molar-refractivity contribution < 1.29 is 32.4 Å². The van der Waals surface area contributed by atoms with Crippen molar-refractivity contribution in [2.45, 2.75) is 6.18 Å². The maximum Gasteiger partial charge on any atom is 0.416 e. The van der Waals surface area contributed by atoms with Gasteiger partial charge in [0.1, 0.15) is 11.6 Å². The molecule has 0 saturated carbocycles. The highest BCUT2D eigenvalue weighted by Gasteiger charge is 2.33. The lowest BCUT2D eigenvalue weighted by atomic mass is 10.0. The standard InChI is InChI=1S/C24H15F3N2O5/c1-33-22-12-15(11-17(14-28)23(30)16-5-3-2-4-6-16)7-9-21(22)34-20-10-8-18(24(25,26)27)13-19(20)29(31)32/h2-13H,1H3/b17-11-. The van der Waals surface area contributed by atoms with Crippen LogP contribution in [0, 0.1) is 21.4 Å². The zero-order valence-electron chi connectivity index (χ0n) is 17.5. The quantitative estimate of drug-likeness (QED) is 0.134. The number of hydrogen-bond acceptors (Lipinski definition) is 6. The summed E-state index contributed by atoms with van der Waals surface area (Å²) in [6, 6.07) is 16.2. The highest BCUT2D eigenvalue weighted by molar-refractivity contribution is 6.14. The van der Waals surface area contributed by atoms with Gasteiger partial charge >= 0.3 is 11.9 Å². The molecule has 0 aliphatic rings. The van der Waals surface area contributed by atoms with Crippen LogP contribution in [0.15, 0.2) is 72.3 Å². The fourth-order valence-corrected chi connectivity index (χ4v) is 2.96. The van der Waals surface area contributed by atoms with Crippen molar-refractivity contribution in [1.82, 2.24) is 0 Å². The summed E-state index contributed by atoms with van der Waals surface area (Å²) in [6.45, 7) is 0. The van der Waals surface area contributed by atoms with Crippen LogP contribution in [0.2, 0.25) is 0 Å². The van der Waals surface area contributed by atoms with Gasteiger partial charge in [-0.25, -0.2) is 0 Å². The molecule has 0 atom stereocenters. The van der Waals surface area contributed by atoms with E-state index in [4.69, 9.17) is 9.47 Å². The highest BCUT2D eigenvalue weighted by atomic mass is 19.4. The molecule has 0 bridgehead atoms. The van der Waals surface area contributed by atoms with Crippen molar-refractivity contribution in [2.75, 3.05) is 7.11 Å². The minimum Gasteiger partial charge on any atom is -0.493 e. The number of ketones is 1. The minimum absolute atomic E-state index is 0.0181. The number of allylic oxidation sites excluding steroid dienone is 1. The average molecular weight is 468 g/mol. The normalized spacial score (nSPS) is 11.4. The Bertz CT molecular complexity index is 1310. The SMILES string of the molecule is COc1cc(/C=C(/C#N)C(=O)c2ccccc2)ccc1Oc1ccc(C(F)(F)F)cc1[N+](=O)[O-]. The van der Waals surface area contributed by atoms with E-state index < -0.39 is 33.9 Å². The van der Waals surface area contributed by atoms with Crippen molar-refractivity contribution >= 4 is 17.5 Å². The molecular formula is C24H15F3N2O5. The molecule has 0 aliphatic carbocycles. The molecule has 3 rings (SSSR count). The lowest BCUT2D eigenvalue weighted by Gasteiger charge is -2.13. The number of nitro benzene ring substituents is 1. The molecule has 0 N–H and O–H groups in total. The predicted molar refractivity (Wildman–Crippen MR) is 116 cm³/mol. The Morgan fingerprint density at radius 2 is 1.71 bits per heavy atom. The number of carbonyl (C=O) groups excluding carboxylic acids is 1. The highest BCUT2D eigenvalue weighted by Crippen LogP contribution is 2.40. The van der Waals surface area contributed by atoms with Crippen LogP contribution in [0.3, 0.4) is 0 Å². The van der Waals surface area contributed by atoms with Crippen LogP contribution in [0.25, 0.3) is 6.08 Å². The molecule has 34 heavy (non-hydrogen) atoms. The topological polar surface area (TPSA) is 102 Å². The van der Waals surface area contributed by atoms with E-state index in [1.54, 1.807) is 30.3 Å². The van der Waals surface area contributed by atoms with E-state index in [-0.39, 0.29) is 17.1 Å². The molecule has 0 heterocycles. The number of carbonyl (C=O) groups is 1. The summed E-state index contributed by atoms with van der Waals surface area (Å²) < 4.78 is 49.4. The number of ether oxygens (including phenoxy) is 2. The van der Waals surface area contributed by atoms with E-state index >= 15 is 0 Å². The van der Waals surface area contributed by atoms with E-state index in [9.17, 15) is 33.3 Å². The third-order valence-corrected chi connectivity index (χ3v) is 4.60. The lowest BCUT2D eigenvalue weighted by Crippen LogP contribution is -2.06. The predicted octanol–water partition coefficient (Wildman–Crippen LogP) is 6.20. The van der Waals surface area contributed by atoms with E-state index in [1.165, 1.54) is 31.4 Å². The largest absolute Gasteiger partial charge is 0.493 e. The van der Waals surface area contributed by atoms with Gasteiger partial charge in [-0.1, -0.05) is 36.4 Å². The van der Waals surface area contributed by atoms with Gasteiger partial charge in [-0.3, -0.25) is 14.9 Å². The summed E-state index contributed by atoms with van der Waals surface area (Å²) >= 11 is 0. The number of hydrogen-bond donors (Lipinski definition) is 0. The molecule has 0 unspecified atom stereocenters. The van der Waals surface area contributed by atoms with Gasteiger partial charge in [-0.15, -0.1) is 0 Å². The maximum absolute atomic E-state index is 12.9. The minimum atomic E-state index is -4.76. The van der Waals surface area contributed by atoms with Crippen molar-refractivity contribution in [1.29, 1.82) is 5.26 Å². The number of benzene rings is 3. The van der Waals surface area contributed by atoms with E-state index in [0.717, 1.165) is 6.07 Å². The zero-order chi connectivity index (χ0) is 24.9. The Labute approximate surface area is 191 Å². The summed E-state index contributed by atoms with van der Waals surface area (Å²) in [5, 5.41) is 20.7. The van der Waals surface area contributed by atoms with Crippen LogP contribution in [0.5, 0.6) is 17.2 Å². The van der Waals surface area contributed by atoms with Crippen LogP contribution in [-0.4, -0.2) is 17.8 Å². The van der Waals surface area contributed by atoms with Gasteiger partial charge in [0.05, 0.1) is 17.6 Å². The number of rotatable bonds is 7. The summed E-state index contributed by atoms with van der Waals surface area (Å²) in [7, 11) is 1.29. The molecule has 172 valence electrons. The summed E-state index contributed by atoms with van der Waals surface area (Å²) in [5.41, 5.74) is -1.48. The van der Waals surface area contributed by atoms with Crippen molar-refractivity contribution in [3.05, 3.63) is 99.1 Å². The zero-order valence-corrected chi connectivity index (χ0v) is 17.5. The van der Waals surface area contributed by atoms with E-state index in [1.807, 2.05) is 6.07 Å². The van der Waals surface area contributed by atoms with E-state index in [2.05, 4.69) is 0 Å². The lowest BCUT2D eigenvalue weighted by molar-refractivity contribution is -0.385. The molecule has 0 aromatic heterocycles. The van der Waals surface area contributed by atoms with Crippen LogP contribution >= 0.6 is 0 Å². The first-order chi connectivity index (χ1) is 16.1. The summed E-state index contributed by atoms with van der Waals surface area (Å²) in [5.74, 6) is -0.845. The van der Waals surface area contributed by atoms with Crippen LogP contribution < -0.4 is 9.47 Å². The second kappa shape index (κ2) is 9.87. The molecule has 7 nitrogen and oxygen atoms in total. The average Bonchev–Trinajstić information content (AvgIpc) is 2.82. The Hall–Kier alpha value is -4.65.